The van der Waals surface area contributed by atoms with E-state index in [9.17, 15) is 9.90 Å². The van der Waals surface area contributed by atoms with Gasteiger partial charge in [0.2, 0.25) is 5.95 Å². The van der Waals surface area contributed by atoms with Gasteiger partial charge in [0.05, 0.1) is 11.2 Å². The molecule has 8 heteroatoms. The lowest BCUT2D eigenvalue weighted by molar-refractivity contribution is 0.0699. The van der Waals surface area contributed by atoms with Gasteiger partial charge in [0.25, 0.3) is 0 Å². The van der Waals surface area contributed by atoms with Gasteiger partial charge in [-0.2, -0.15) is 0 Å². The molecule has 0 bridgehead atoms. The quantitative estimate of drug-likeness (QED) is 0.537. The fourth-order valence-electron chi connectivity index (χ4n) is 3.87. The molecule has 1 aliphatic heterocycles. The Hall–Kier alpha value is -3.81. The SMILES string of the molecule is O=C(O)c1c(N2CCN(c3ncccn3)CC2)ccc2c1nnc1ccccc12. The number of carboxylic acids is 1. The number of nitrogens with zero attached hydrogens (tertiary/aromatic N) is 6. The van der Waals surface area contributed by atoms with Crippen LogP contribution < -0.4 is 9.80 Å². The second-order valence-electron chi connectivity index (χ2n) is 6.90. The summed E-state index contributed by atoms with van der Waals surface area (Å²) >= 11 is 0. The number of piperazine rings is 1. The number of fused-ring (bicyclic) bond motifs is 3. The number of aromatic carboxylic acids is 1. The lowest BCUT2D eigenvalue weighted by atomic mass is 10.0. The fourth-order valence-corrected chi connectivity index (χ4v) is 3.87. The number of hydrogen-bond donors (Lipinski definition) is 1. The summed E-state index contributed by atoms with van der Waals surface area (Å²) in [6.07, 6.45) is 3.45. The van der Waals surface area contributed by atoms with E-state index < -0.39 is 5.97 Å². The summed E-state index contributed by atoms with van der Waals surface area (Å²) in [4.78, 5) is 25.0. The Bertz CT molecular complexity index is 1210. The van der Waals surface area contributed by atoms with Crippen molar-refractivity contribution >= 4 is 39.4 Å². The van der Waals surface area contributed by atoms with Crippen molar-refractivity contribution < 1.29 is 9.90 Å². The molecule has 8 nitrogen and oxygen atoms in total. The first kappa shape index (κ1) is 17.3. The predicted molar refractivity (Wildman–Crippen MR) is 110 cm³/mol. The monoisotopic (exact) mass is 386 g/mol. The van der Waals surface area contributed by atoms with Crippen LogP contribution in [0.4, 0.5) is 11.6 Å². The van der Waals surface area contributed by atoms with E-state index in [1.165, 1.54) is 0 Å². The van der Waals surface area contributed by atoms with E-state index in [1.54, 1.807) is 18.5 Å². The maximum Gasteiger partial charge on any atom is 0.340 e. The zero-order valence-corrected chi connectivity index (χ0v) is 15.6. The number of rotatable bonds is 3. The van der Waals surface area contributed by atoms with Crippen LogP contribution in [0.2, 0.25) is 0 Å². The number of hydrogen-bond acceptors (Lipinski definition) is 7. The first-order chi connectivity index (χ1) is 14.2. The highest BCUT2D eigenvalue weighted by Crippen LogP contribution is 2.32. The molecule has 1 saturated heterocycles. The summed E-state index contributed by atoms with van der Waals surface area (Å²) in [5, 5.41) is 20.2. The second kappa shape index (κ2) is 6.97. The summed E-state index contributed by atoms with van der Waals surface area (Å²) in [6, 6.07) is 13.2. The maximum atomic E-state index is 12.2. The Morgan fingerprint density at radius 3 is 2.31 bits per heavy atom. The van der Waals surface area contributed by atoms with Crippen LogP contribution in [0, 0.1) is 0 Å². The van der Waals surface area contributed by atoms with Crippen molar-refractivity contribution in [1.29, 1.82) is 0 Å². The van der Waals surface area contributed by atoms with Crippen molar-refractivity contribution in [1.82, 2.24) is 20.2 Å². The van der Waals surface area contributed by atoms with Gasteiger partial charge in [0.1, 0.15) is 11.1 Å². The van der Waals surface area contributed by atoms with E-state index >= 15 is 0 Å². The van der Waals surface area contributed by atoms with Crippen LogP contribution in [-0.4, -0.2) is 57.4 Å². The highest BCUT2D eigenvalue weighted by Gasteiger charge is 2.25. The molecule has 0 radical (unpaired) electrons. The third-order valence-electron chi connectivity index (χ3n) is 5.28. The largest absolute Gasteiger partial charge is 0.478 e. The summed E-state index contributed by atoms with van der Waals surface area (Å²) < 4.78 is 0. The summed E-state index contributed by atoms with van der Waals surface area (Å²) in [6.45, 7) is 2.77. The topological polar surface area (TPSA) is 95.3 Å². The van der Waals surface area contributed by atoms with Crippen LogP contribution in [0.3, 0.4) is 0 Å². The van der Waals surface area contributed by atoms with E-state index in [2.05, 4.69) is 30.0 Å². The molecule has 29 heavy (non-hydrogen) atoms. The molecule has 0 aliphatic carbocycles. The normalized spacial score (nSPS) is 14.5. The van der Waals surface area contributed by atoms with Crippen molar-refractivity contribution in [2.45, 2.75) is 0 Å². The third-order valence-corrected chi connectivity index (χ3v) is 5.28. The van der Waals surface area contributed by atoms with Gasteiger partial charge in [-0.15, -0.1) is 10.2 Å². The molecule has 4 aromatic rings. The molecule has 0 amide bonds. The number of anilines is 2. The van der Waals surface area contributed by atoms with Gasteiger partial charge in [-0.25, -0.2) is 14.8 Å². The molecule has 2 aromatic carbocycles. The third kappa shape index (κ3) is 2.98. The minimum Gasteiger partial charge on any atom is -0.478 e. The maximum absolute atomic E-state index is 12.2. The number of carboxylic acid groups (broad SMARTS) is 1. The Morgan fingerprint density at radius 1 is 0.828 bits per heavy atom. The predicted octanol–water partition coefficient (Wildman–Crippen LogP) is 2.60. The van der Waals surface area contributed by atoms with E-state index in [4.69, 9.17) is 0 Å². The fraction of sp³-hybridized carbons (Fsp3) is 0.190. The van der Waals surface area contributed by atoms with Crippen molar-refractivity contribution in [2.75, 3.05) is 36.0 Å². The molecule has 144 valence electrons. The molecule has 5 rings (SSSR count). The second-order valence-corrected chi connectivity index (χ2v) is 6.90. The highest BCUT2D eigenvalue weighted by atomic mass is 16.4. The van der Waals surface area contributed by atoms with E-state index in [0.717, 1.165) is 16.3 Å². The van der Waals surface area contributed by atoms with Crippen LogP contribution in [0.15, 0.2) is 54.9 Å². The Labute approximate surface area is 166 Å². The summed E-state index contributed by atoms with van der Waals surface area (Å²) in [5.74, 6) is -0.301. The molecule has 0 unspecified atom stereocenters. The molecular formula is C21H18N6O2. The highest BCUT2D eigenvalue weighted by molar-refractivity contribution is 6.13. The van der Waals surface area contributed by atoms with Crippen molar-refractivity contribution in [3.05, 3.63) is 60.4 Å². The first-order valence-corrected chi connectivity index (χ1v) is 9.41. The van der Waals surface area contributed by atoms with Gasteiger partial charge >= 0.3 is 5.97 Å². The molecule has 1 N–H and O–H groups in total. The molecule has 0 saturated carbocycles. The minimum atomic E-state index is -0.996. The average molecular weight is 386 g/mol. The zero-order chi connectivity index (χ0) is 19.8. The first-order valence-electron chi connectivity index (χ1n) is 9.41. The van der Waals surface area contributed by atoms with E-state index in [1.807, 2.05) is 36.4 Å². The molecule has 2 aromatic heterocycles. The van der Waals surface area contributed by atoms with Gasteiger partial charge in [-0.1, -0.05) is 18.2 Å². The van der Waals surface area contributed by atoms with Crippen molar-refractivity contribution in [2.24, 2.45) is 0 Å². The van der Waals surface area contributed by atoms with E-state index in [-0.39, 0.29) is 5.56 Å². The van der Waals surface area contributed by atoms with Crippen LogP contribution in [0.5, 0.6) is 0 Å². The zero-order valence-electron chi connectivity index (χ0n) is 15.6. The number of aromatic nitrogens is 4. The van der Waals surface area contributed by atoms with E-state index in [0.29, 0.717) is 43.3 Å². The van der Waals surface area contributed by atoms with Crippen LogP contribution in [0.1, 0.15) is 10.4 Å². The molecule has 3 heterocycles. The van der Waals surface area contributed by atoms with Gasteiger partial charge in [0.15, 0.2) is 0 Å². The minimum absolute atomic E-state index is 0.199. The number of benzene rings is 2. The van der Waals surface area contributed by atoms with Crippen LogP contribution in [0.25, 0.3) is 21.8 Å². The Kier molecular flexibility index (Phi) is 4.16. The molecule has 1 fully saturated rings. The van der Waals surface area contributed by atoms with Crippen molar-refractivity contribution in [3.8, 4) is 0 Å². The van der Waals surface area contributed by atoms with Gasteiger partial charge in [-0.3, -0.25) is 0 Å². The summed E-state index contributed by atoms with van der Waals surface area (Å²) in [5.41, 5.74) is 2.04. The van der Waals surface area contributed by atoms with Crippen molar-refractivity contribution in [3.63, 3.8) is 0 Å². The Morgan fingerprint density at radius 2 is 1.55 bits per heavy atom. The Balaban J connectivity index is 1.53. The molecule has 1 aliphatic rings. The molecule has 0 spiro atoms. The average Bonchev–Trinajstić information content (AvgIpc) is 2.78. The standard InChI is InChI=1S/C21H18N6O2/c28-20(29)18-17(26-10-12-27(13-11-26)21-22-8-3-9-23-21)7-6-15-14-4-1-2-5-16(14)24-25-19(15)18/h1-9H,10-13H2,(H,28,29). The number of carbonyl (C=O) groups is 1. The lowest BCUT2D eigenvalue weighted by Crippen LogP contribution is -2.47. The van der Waals surface area contributed by atoms with Crippen LogP contribution in [-0.2, 0) is 0 Å². The van der Waals surface area contributed by atoms with Gasteiger partial charge in [0, 0.05) is 49.3 Å². The van der Waals surface area contributed by atoms with Gasteiger partial charge in [-0.05, 0) is 24.3 Å². The van der Waals surface area contributed by atoms with Crippen LogP contribution >= 0.6 is 0 Å². The smallest absolute Gasteiger partial charge is 0.340 e. The molecular weight excluding hydrogens is 368 g/mol. The summed E-state index contributed by atoms with van der Waals surface area (Å²) in [7, 11) is 0. The van der Waals surface area contributed by atoms with Gasteiger partial charge < -0.3 is 14.9 Å². The lowest BCUT2D eigenvalue weighted by Gasteiger charge is -2.36. The molecule has 0 atom stereocenters.